The summed E-state index contributed by atoms with van der Waals surface area (Å²) in [7, 11) is 0. The van der Waals surface area contributed by atoms with Crippen LogP contribution in [-0.4, -0.2) is 4.98 Å². The maximum atomic E-state index is 8.59. The van der Waals surface area contributed by atoms with Gasteiger partial charge in [-0.15, -0.1) is 0 Å². The molecule has 0 aliphatic rings. The van der Waals surface area contributed by atoms with Gasteiger partial charge in [0.15, 0.2) is 0 Å². The van der Waals surface area contributed by atoms with E-state index in [1.807, 2.05) is 42.5 Å². The summed E-state index contributed by atoms with van der Waals surface area (Å²) in [6.45, 7) is 0. The van der Waals surface area contributed by atoms with Crippen LogP contribution in [0.4, 0.5) is 0 Å². The van der Waals surface area contributed by atoms with Crippen molar-refractivity contribution in [2.75, 3.05) is 0 Å². The zero-order chi connectivity index (χ0) is 10.5. The van der Waals surface area contributed by atoms with Gasteiger partial charge in [-0.05, 0) is 23.3 Å². The first-order valence-electron chi connectivity index (χ1n) is 4.77. The number of pyridine rings is 1. The van der Waals surface area contributed by atoms with Crippen molar-refractivity contribution in [1.29, 1.82) is 5.26 Å². The molecule has 1 aromatic heterocycles. The lowest BCUT2D eigenvalue weighted by molar-refractivity contribution is 1.12. The maximum absolute atomic E-state index is 8.59. The molecule has 72 valence electrons. The van der Waals surface area contributed by atoms with Crippen LogP contribution in [0.5, 0.6) is 0 Å². The first kappa shape index (κ1) is 9.42. The fourth-order valence-electron chi connectivity index (χ4n) is 1.47. The Kier molecular flexibility index (Phi) is 2.75. The summed E-state index contributed by atoms with van der Waals surface area (Å²) in [5, 5.41) is 8.59. The molecular formula is C13H10N2. The van der Waals surface area contributed by atoms with Crippen molar-refractivity contribution in [3.8, 4) is 17.2 Å². The Morgan fingerprint density at radius 1 is 1.07 bits per heavy atom. The molecule has 2 heteroatoms. The molecule has 0 aliphatic heterocycles. The van der Waals surface area contributed by atoms with Crippen LogP contribution in [0.1, 0.15) is 5.69 Å². The molecule has 0 bridgehead atoms. The molecule has 0 amide bonds. The second kappa shape index (κ2) is 4.39. The zero-order valence-corrected chi connectivity index (χ0v) is 8.22. The van der Waals surface area contributed by atoms with E-state index in [-0.39, 0.29) is 0 Å². The molecule has 0 unspecified atom stereocenters. The third-order valence-corrected chi connectivity index (χ3v) is 2.18. The number of rotatable bonds is 2. The van der Waals surface area contributed by atoms with Crippen LogP contribution in [0.15, 0.2) is 48.7 Å². The molecule has 2 aromatic rings. The van der Waals surface area contributed by atoms with Gasteiger partial charge in [0.05, 0.1) is 18.2 Å². The number of benzene rings is 1. The molecule has 0 saturated carbocycles. The minimum atomic E-state index is 0.362. The van der Waals surface area contributed by atoms with Crippen molar-refractivity contribution in [2.24, 2.45) is 0 Å². The van der Waals surface area contributed by atoms with Gasteiger partial charge < -0.3 is 0 Å². The highest BCUT2D eigenvalue weighted by atomic mass is 14.7. The Balaban J connectivity index is 2.38. The lowest BCUT2D eigenvalue weighted by Crippen LogP contribution is -1.88. The third kappa shape index (κ3) is 2.21. The van der Waals surface area contributed by atoms with Crippen LogP contribution < -0.4 is 0 Å². The van der Waals surface area contributed by atoms with E-state index in [1.165, 1.54) is 0 Å². The van der Waals surface area contributed by atoms with Gasteiger partial charge in [0, 0.05) is 6.20 Å². The third-order valence-electron chi connectivity index (χ3n) is 2.18. The zero-order valence-electron chi connectivity index (χ0n) is 8.22. The number of hydrogen-bond acceptors (Lipinski definition) is 2. The topological polar surface area (TPSA) is 36.7 Å². The molecular weight excluding hydrogens is 184 g/mol. The predicted molar refractivity (Wildman–Crippen MR) is 59.0 cm³/mol. The van der Waals surface area contributed by atoms with Crippen LogP contribution in [0.3, 0.4) is 0 Å². The highest BCUT2D eigenvalue weighted by molar-refractivity contribution is 5.63. The van der Waals surface area contributed by atoms with E-state index < -0.39 is 0 Å². The van der Waals surface area contributed by atoms with Crippen LogP contribution >= 0.6 is 0 Å². The minimum absolute atomic E-state index is 0.362. The van der Waals surface area contributed by atoms with Crippen molar-refractivity contribution >= 4 is 0 Å². The van der Waals surface area contributed by atoms with Gasteiger partial charge in [0.1, 0.15) is 0 Å². The first-order valence-corrected chi connectivity index (χ1v) is 4.77. The summed E-state index contributed by atoms with van der Waals surface area (Å²) in [4.78, 5) is 4.13. The lowest BCUT2D eigenvalue weighted by Gasteiger charge is -2.01. The van der Waals surface area contributed by atoms with E-state index in [4.69, 9.17) is 5.26 Å². The van der Waals surface area contributed by atoms with E-state index in [1.54, 1.807) is 6.20 Å². The van der Waals surface area contributed by atoms with Gasteiger partial charge in [-0.25, -0.2) is 0 Å². The standard InChI is InChI=1S/C13H10N2/c14-8-6-13-10-12(7-9-15-13)11-4-2-1-3-5-11/h1-5,7,9-10H,6H2. The highest BCUT2D eigenvalue weighted by Gasteiger charge is 1.98. The second-order valence-corrected chi connectivity index (χ2v) is 3.24. The minimum Gasteiger partial charge on any atom is -0.260 e. The molecule has 1 aromatic carbocycles. The second-order valence-electron chi connectivity index (χ2n) is 3.24. The van der Waals surface area contributed by atoms with Crippen LogP contribution in [0.2, 0.25) is 0 Å². The van der Waals surface area contributed by atoms with Gasteiger partial charge in [0.2, 0.25) is 0 Å². The van der Waals surface area contributed by atoms with Gasteiger partial charge in [-0.3, -0.25) is 4.98 Å². The molecule has 0 aliphatic carbocycles. The smallest absolute Gasteiger partial charge is 0.0774 e. The number of nitriles is 1. The monoisotopic (exact) mass is 194 g/mol. The van der Waals surface area contributed by atoms with Crippen LogP contribution in [0.25, 0.3) is 11.1 Å². The van der Waals surface area contributed by atoms with E-state index in [2.05, 4.69) is 11.1 Å². The fraction of sp³-hybridized carbons (Fsp3) is 0.0769. The Hall–Kier alpha value is -2.14. The van der Waals surface area contributed by atoms with Crippen molar-refractivity contribution in [3.05, 3.63) is 54.4 Å². The van der Waals surface area contributed by atoms with Crippen molar-refractivity contribution in [1.82, 2.24) is 4.98 Å². The summed E-state index contributed by atoms with van der Waals surface area (Å²) in [5.74, 6) is 0. The first-order chi connectivity index (χ1) is 7.40. The molecule has 0 saturated heterocycles. The Morgan fingerprint density at radius 3 is 2.60 bits per heavy atom. The van der Waals surface area contributed by atoms with Crippen LogP contribution in [-0.2, 0) is 6.42 Å². The molecule has 0 fully saturated rings. The molecule has 0 atom stereocenters. The van der Waals surface area contributed by atoms with Gasteiger partial charge in [-0.1, -0.05) is 30.3 Å². The van der Waals surface area contributed by atoms with E-state index >= 15 is 0 Å². The highest BCUT2D eigenvalue weighted by Crippen LogP contribution is 2.18. The molecule has 0 N–H and O–H groups in total. The van der Waals surface area contributed by atoms with Crippen molar-refractivity contribution < 1.29 is 0 Å². The normalized spacial score (nSPS) is 9.53. The fourth-order valence-corrected chi connectivity index (χ4v) is 1.47. The Labute approximate surface area is 88.8 Å². The molecule has 2 rings (SSSR count). The average molecular weight is 194 g/mol. The van der Waals surface area contributed by atoms with E-state index in [0.29, 0.717) is 6.42 Å². The van der Waals surface area contributed by atoms with Gasteiger partial charge >= 0.3 is 0 Å². The molecule has 0 spiro atoms. The summed E-state index contributed by atoms with van der Waals surface area (Å²) < 4.78 is 0. The van der Waals surface area contributed by atoms with Gasteiger partial charge in [0.25, 0.3) is 0 Å². The van der Waals surface area contributed by atoms with Crippen LogP contribution in [0, 0.1) is 11.3 Å². The number of hydrogen-bond donors (Lipinski definition) is 0. The van der Waals surface area contributed by atoms with Crippen molar-refractivity contribution in [3.63, 3.8) is 0 Å². The lowest BCUT2D eigenvalue weighted by atomic mass is 10.1. The van der Waals surface area contributed by atoms with Crippen molar-refractivity contribution in [2.45, 2.75) is 6.42 Å². The molecule has 15 heavy (non-hydrogen) atoms. The van der Waals surface area contributed by atoms with E-state index in [0.717, 1.165) is 16.8 Å². The summed E-state index contributed by atoms with van der Waals surface area (Å²) >= 11 is 0. The summed E-state index contributed by atoms with van der Waals surface area (Å²) in [6, 6.07) is 16.1. The SMILES string of the molecule is N#CCc1cc(-c2ccccc2)ccn1. The molecule has 1 heterocycles. The number of nitrogens with zero attached hydrogens (tertiary/aromatic N) is 2. The molecule has 0 radical (unpaired) electrons. The van der Waals surface area contributed by atoms with Gasteiger partial charge in [-0.2, -0.15) is 5.26 Å². The summed E-state index contributed by atoms with van der Waals surface area (Å²) in [5.41, 5.74) is 3.08. The van der Waals surface area contributed by atoms with E-state index in [9.17, 15) is 0 Å². The Bertz CT molecular complexity index is 483. The quantitative estimate of drug-likeness (QED) is 0.737. The summed E-state index contributed by atoms with van der Waals surface area (Å²) in [6.07, 6.45) is 2.11. The maximum Gasteiger partial charge on any atom is 0.0774 e. The molecule has 2 nitrogen and oxygen atoms in total. The average Bonchev–Trinajstić information content (AvgIpc) is 2.31. The largest absolute Gasteiger partial charge is 0.260 e. The predicted octanol–water partition coefficient (Wildman–Crippen LogP) is 2.81. The number of aromatic nitrogens is 1. The Morgan fingerprint density at radius 2 is 1.87 bits per heavy atom.